The van der Waals surface area contributed by atoms with E-state index in [-0.39, 0.29) is 0 Å². The molecule has 0 heterocycles. The van der Waals surface area contributed by atoms with Gasteiger partial charge >= 0.3 is 5.97 Å². The fourth-order valence-corrected chi connectivity index (χ4v) is 4.08. The highest BCUT2D eigenvalue weighted by molar-refractivity contribution is 6.31. The van der Waals surface area contributed by atoms with E-state index >= 15 is 0 Å². The molecule has 3 rings (SSSR count). The maximum Gasteiger partial charge on any atom is 0.325 e. The predicted molar refractivity (Wildman–Crippen MR) is 135 cm³/mol. The summed E-state index contributed by atoms with van der Waals surface area (Å²) in [5.41, 5.74) is 5.37. The van der Waals surface area contributed by atoms with Crippen LogP contribution in [0.1, 0.15) is 34.0 Å². The van der Waals surface area contributed by atoms with E-state index in [2.05, 4.69) is 5.32 Å². The zero-order valence-electron chi connectivity index (χ0n) is 19.9. The average molecular weight is 501 g/mol. The smallest absolute Gasteiger partial charge is 0.325 e. The number of rotatable bonds is 8. The molecule has 0 bridgehead atoms. The van der Waals surface area contributed by atoms with Crippen LogP contribution in [0, 0.1) is 20.8 Å². The van der Waals surface area contributed by atoms with Gasteiger partial charge in [-0.15, -0.1) is 0 Å². The van der Waals surface area contributed by atoms with E-state index in [0.717, 1.165) is 16.7 Å². The molecule has 0 aliphatic heterocycles. The van der Waals surface area contributed by atoms with Gasteiger partial charge in [0.15, 0.2) is 0 Å². The van der Waals surface area contributed by atoms with Crippen molar-refractivity contribution in [2.45, 2.75) is 40.2 Å². The Bertz CT molecular complexity index is 1240. The number of alkyl halides is 2. The van der Waals surface area contributed by atoms with Gasteiger partial charge < -0.3 is 15.3 Å². The average Bonchev–Trinajstić information content (AvgIpc) is 2.78. The van der Waals surface area contributed by atoms with Gasteiger partial charge in [0.1, 0.15) is 6.04 Å². The number of nitrogens with one attached hydrogen (secondary N) is 1. The molecule has 184 valence electrons. The molecule has 0 saturated carbocycles. The molecule has 1 amide bonds. The molecule has 3 aromatic rings. The van der Waals surface area contributed by atoms with Crippen molar-refractivity contribution in [2.75, 3.05) is 11.4 Å². The van der Waals surface area contributed by atoms with Crippen molar-refractivity contribution < 1.29 is 23.5 Å². The normalized spacial score (nSPS) is 11.9. The molecule has 5 nitrogen and oxygen atoms in total. The van der Waals surface area contributed by atoms with Crippen LogP contribution in [0.25, 0.3) is 11.1 Å². The third-order valence-corrected chi connectivity index (χ3v) is 6.17. The van der Waals surface area contributed by atoms with E-state index in [1.807, 2.05) is 31.2 Å². The summed E-state index contributed by atoms with van der Waals surface area (Å²) in [7, 11) is 0. The molecule has 1 unspecified atom stereocenters. The number of aliphatic carboxylic acids is 1. The van der Waals surface area contributed by atoms with E-state index in [1.165, 1.54) is 6.92 Å². The number of amides is 1. The van der Waals surface area contributed by atoms with Crippen LogP contribution in [-0.4, -0.2) is 36.0 Å². The monoisotopic (exact) mass is 500 g/mol. The summed E-state index contributed by atoms with van der Waals surface area (Å²) in [5.74, 6) is -1.58. The first-order valence-electron chi connectivity index (χ1n) is 11.0. The quantitative estimate of drug-likeness (QED) is 0.368. The number of nitrogens with zero attached hydrogens (tertiary/aromatic N) is 1. The minimum atomic E-state index is -2.55. The molecule has 8 heteroatoms. The van der Waals surface area contributed by atoms with Gasteiger partial charge in [-0.3, -0.25) is 9.59 Å². The third kappa shape index (κ3) is 6.17. The highest BCUT2D eigenvalue weighted by Crippen LogP contribution is 2.33. The van der Waals surface area contributed by atoms with Gasteiger partial charge in [0.05, 0.1) is 6.54 Å². The van der Waals surface area contributed by atoms with E-state index in [4.69, 9.17) is 16.7 Å². The lowest BCUT2D eigenvalue weighted by Gasteiger charge is -2.26. The van der Waals surface area contributed by atoms with Crippen LogP contribution in [0.4, 0.5) is 20.2 Å². The molecule has 0 aliphatic rings. The molecule has 35 heavy (non-hydrogen) atoms. The molecular weight excluding hydrogens is 474 g/mol. The first-order valence-corrected chi connectivity index (χ1v) is 11.4. The zero-order chi connectivity index (χ0) is 25.9. The lowest BCUT2D eigenvalue weighted by molar-refractivity contribution is -0.138. The number of hydrogen-bond acceptors (Lipinski definition) is 3. The Labute approximate surface area is 208 Å². The highest BCUT2D eigenvalue weighted by Gasteiger charge is 2.20. The van der Waals surface area contributed by atoms with Crippen LogP contribution in [-0.2, 0) is 4.79 Å². The number of aryl methyl sites for hydroxylation is 3. The Hall–Kier alpha value is -3.45. The molecule has 3 aromatic carbocycles. The second kappa shape index (κ2) is 10.9. The van der Waals surface area contributed by atoms with Crippen molar-refractivity contribution in [1.29, 1.82) is 0 Å². The standard InChI is InChI=1S/C27H27ClF2N2O3/c1-15-12-22(8-9-23(15)28)32(14-24(29)30)21-7-5-6-19(13-21)20-10-16(2)25(17(3)11-20)26(33)31-18(4)27(34)35/h5-13,18,24H,14H2,1-4H3,(H,31,33)(H,34,35). The molecule has 2 N–H and O–H groups in total. The van der Waals surface area contributed by atoms with Crippen molar-refractivity contribution >= 4 is 34.9 Å². The molecular formula is C27H27ClF2N2O3. The number of anilines is 2. The second-order valence-electron chi connectivity index (χ2n) is 8.50. The number of carboxylic acids is 1. The summed E-state index contributed by atoms with van der Waals surface area (Å²) in [6.45, 7) is 6.30. The van der Waals surface area contributed by atoms with Gasteiger partial charge in [0, 0.05) is 22.0 Å². The molecule has 0 spiro atoms. The van der Waals surface area contributed by atoms with E-state index in [1.54, 1.807) is 49.1 Å². The largest absolute Gasteiger partial charge is 0.480 e. The van der Waals surface area contributed by atoms with Crippen molar-refractivity contribution in [3.05, 3.63) is 81.9 Å². The van der Waals surface area contributed by atoms with Crippen molar-refractivity contribution in [2.24, 2.45) is 0 Å². The molecule has 0 radical (unpaired) electrons. The summed E-state index contributed by atoms with van der Waals surface area (Å²) < 4.78 is 27.0. The zero-order valence-corrected chi connectivity index (χ0v) is 20.7. The SMILES string of the molecule is Cc1cc(N(CC(F)F)c2cccc(-c3cc(C)c(C(=O)NC(C)C(=O)O)c(C)c3)c2)ccc1Cl. The van der Waals surface area contributed by atoms with Crippen molar-refractivity contribution in [3.8, 4) is 11.1 Å². The predicted octanol–water partition coefficient (Wildman–Crippen LogP) is 6.54. The Morgan fingerprint density at radius 1 is 0.943 bits per heavy atom. The van der Waals surface area contributed by atoms with Gasteiger partial charge in [0.25, 0.3) is 12.3 Å². The summed E-state index contributed by atoms with van der Waals surface area (Å²) in [5, 5.41) is 12.1. The first-order chi connectivity index (χ1) is 16.5. The number of hydrogen-bond donors (Lipinski definition) is 2. The number of halogens is 3. The summed E-state index contributed by atoms with van der Waals surface area (Å²) in [6, 6.07) is 15.1. The van der Waals surface area contributed by atoms with Crippen LogP contribution in [0.15, 0.2) is 54.6 Å². The van der Waals surface area contributed by atoms with Crippen LogP contribution < -0.4 is 10.2 Å². The highest BCUT2D eigenvalue weighted by atomic mass is 35.5. The second-order valence-corrected chi connectivity index (χ2v) is 8.91. The lowest BCUT2D eigenvalue weighted by Crippen LogP contribution is -2.38. The fraction of sp³-hybridized carbons (Fsp3) is 0.259. The summed E-state index contributed by atoms with van der Waals surface area (Å²) >= 11 is 6.13. The third-order valence-electron chi connectivity index (χ3n) is 5.74. The van der Waals surface area contributed by atoms with Gasteiger partial charge in [-0.1, -0.05) is 35.9 Å². The summed E-state index contributed by atoms with van der Waals surface area (Å²) in [4.78, 5) is 25.3. The molecule has 0 aromatic heterocycles. The van der Waals surface area contributed by atoms with Gasteiger partial charge in [-0.2, -0.15) is 0 Å². The Morgan fingerprint density at radius 2 is 1.57 bits per heavy atom. The van der Waals surface area contributed by atoms with E-state index < -0.39 is 30.9 Å². The van der Waals surface area contributed by atoms with Gasteiger partial charge in [-0.05, 0) is 85.8 Å². The molecule has 0 aliphatic carbocycles. The lowest BCUT2D eigenvalue weighted by atomic mass is 9.94. The van der Waals surface area contributed by atoms with Crippen LogP contribution >= 0.6 is 11.6 Å². The minimum absolute atomic E-state index is 0.411. The molecule has 0 saturated heterocycles. The van der Waals surface area contributed by atoms with Crippen LogP contribution in [0.2, 0.25) is 5.02 Å². The first kappa shape index (κ1) is 26.2. The number of benzene rings is 3. The van der Waals surface area contributed by atoms with Crippen LogP contribution in [0.5, 0.6) is 0 Å². The van der Waals surface area contributed by atoms with Crippen molar-refractivity contribution in [1.82, 2.24) is 5.32 Å². The van der Waals surface area contributed by atoms with Gasteiger partial charge in [0.2, 0.25) is 0 Å². The maximum absolute atomic E-state index is 13.5. The van der Waals surface area contributed by atoms with Crippen molar-refractivity contribution in [3.63, 3.8) is 0 Å². The van der Waals surface area contributed by atoms with E-state index in [9.17, 15) is 18.4 Å². The van der Waals surface area contributed by atoms with Crippen LogP contribution in [0.3, 0.4) is 0 Å². The molecule has 0 fully saturated rings. The van der Waals surface area contributed by atoms with E-state index in [0.29, 0.717) is 33.1 Å². The topological polar surface area (TPSA) is 69.6 Å². The van der Waals surface area contributed by atoms with Gasteiger partial charge in [-0.25, -0.2) is 8.78 Å². The number of carbonyl (C=O) groups excluding carboxylic acids is 1. The minimum Gasteiger partial charge on any atom is -0.480 e. The maximum atomic E-state index is 13.5. The number of carboxylic acid groups (broad SMARTS) is 1. The Balaban J connectivity index is 1.99. The number of carbonyl (C=O) groups is 2. The fourth-order valence-electron chi connectivity index (χ4n) is 3.97. The Kier molecular flexibility index (Phi) is 8.12. The Morgan fingerprint density at radius 3 is 2.14 bits per heavy atom. The molecule has 1 atom stereocenters. The summed E-state index contributed by atoms with van der Waals surface area (Å²) in [6.07, 6.45) is -2.55.